The Morgan fingerprint density at radius 1 is 0.909 bits per heavy atom. The van der Waals surface area contributed by atoms with Crippen LogP contribution in [-0.2, 0) is 38.1 Å². The standard InChI is InChI=1S/C34H46O10/c1-12-10-13(2)33(8)23-20(12)32(7)22(27(23)44-30(39)34(33,9)40)19-21(14(3)28(32)41-15(4)35)31(6)17(24(37)25(19)38)11-18-26(43-18)29(31)42-16(5)36/h12,14,17-23,25-29,38,40H,2,10-11H2,1,3-9H3/t12-,14+,17-,18+,19-,20+,21+,22-,23+,25-,26+,27-,28+,29+,31+,32-,33+,34-/m1/s1. The van der Waals surface area contributed by atoms with Crippen LogP contribution in [0, 0.1) is 63.6 Å². The SMILES string of the molecule is C=C1C[C@@H](C)[C@H]2[C@H]3[C@H](OC(=O)[C@@](C)(O)[C@@]13C)[C@H]1[C@H]3[C@H]([C@H](C)[C@H](OC(C)=O)[C@]21C)[C@]1(C)[C@H](C[C@@H]2O[C@@H]2[C@@H]1OC(C)=O)C(=O)[C@@H]3O. The highest BCUT2D eigenvalue weighted by Gasteiger charge is 2.82. The van der Waals surface area contributed by atoms with E-state index in [2.05, 4.69) is 20.4 Å². The molecule has 7 aliphatic rings. The molecule has 7 rings (SSSR count). The van der Waals surface area contributed by atoms with Crippen LogP contribution in [0.1, 0.15) is 68.2 Å². The molecule has 7 fully saturated rings. The van der Waals surface area contributed by atoms with Crippen LogP contribution in [0.3, 0.4) is 0 Å². The second-order valence-electron chi connectivity index (χ2n) is 16.0. The van der Waals surface area contributed by atoms with Crippen molar-refractivity contribution in [2.45, 2.75) is 110 Å². The summed E-state index contributed by atoms with van der Waals surface area (Å²) in [5.41, 5.74) is -3.92. The van der Waals surface area contributed by atoms with Gasteiger partial charge in [0.1, 0.15) is 30.5 Å². The fraction of sp³-hybridized carbons (Fsp3) is 0.824. The van der Waals surface area contributed by atoms with Gasteiger partial charge >= 0.3 is 17.9 Å². The number of aliphatic hydroxyl groups excluding tert-OH is 1. The third kappa shape index (κ3) is 3.28. The summed E-state index contributed by atoms with van der Waals surface area (Å²) in [5, 5.41) is 23.9. The van der Waals surface area contributed by atoms with Gasteiger partial charge in [-0.1, -0.05) is 46.8 Å². The number of carbonyl (C=O) groups excluding carboxylic acids is 4. The number of hydrogen-bond donors (Lipinski definition) is 2. The van der Waals surface area contributed by atoms with Gasteiger partial charge in [-0.05, 0) is 43.4 Å². The van der Waals surface area contributed by atoms with Crippen LogP contribution in [0.15, 0.2) is 12.2 Å². The molecule has 0 aromatic carbocycles. The molecule has 2 aliphatic heterocycles. The average molecular weight is 615 g/mol. The summed E-state index contributed by atoms with van der Waals surface area (Å²) in [7, 11) is 0. The van der Waals surface area contributed by atoms with Crippen molar-refractivity contribution < 1.29 is 48.3 Å². The van der Waals surface area contributed by atoms with Crippen LogP contribution in [0.4, 0.5) is 0 Å². The van der Waals surface area contributed by atoms with E-state index in [-0.39, 0.29) is 35.7 Å². The predicted molar refractivity (Wildman–Crippen MR) is 153 cm³/mol. The lowest BCUT2D eigenvalue weighted by Gasteiger charge is -2.65. The van der Waals surface area contributed by atoms with Gasteiger partial charge in [0.25, 0.3) is 0 Å². The van der Waals surface area contributed by atoms with Crippen LogP contribution in [-0.4, -0.2) is 76.1 Å². The molecule has 0 aromatic heterocycles. The van der Waals surface area contributed by atoms with Gasteiger partial charge in [-0.3, -0.25) is 14.4 Å². The highest BCUT2D eigenvalue weighted by molar-refractivity contribution is 5.88. The normalized spacial score (nSPS) is 58.4. The van der Waals surface area contributed by atoms with Gasteiger partial charge in [0.2, 0.25) is 0 Å². The molecule has 0 bridgehead atoms. The molecule has 0 spiro atoms. The number of fused-ring (bicyclic) bond motifs is 8. The van der Waals surface area contributed by atoms with Crippen LogP contribution in [0.25, 0.3) is 0 Å². The topological polar surface area (TPSA) is 149 Å². The Morgan fingerprint density at radius 2 is 1.52 bits per heavy atom. The van der Waals surface area contributed by atoms with E-state index in [0.29, 0.717) is 12.8 Å². The minimum atomic E-state index is -1.85. The minimum Gasteiger partial charge on any atom is -0.462 e. The molecule has 0 unspecified atom stereocenters. The first kappa shape index (κ1) is 30.4. The summed E-state index contributed by atoms with van der Waals surface area (Å²) in [6.07, 6.45) is -3.18. The van der Waals surface area contributed by atoms with Crippen molar-refractivity contribution in [3.63, 3.8) is 0 Å². The van der Waals surface area contributed by atoms with Crippen LogP contribution in [0.5, 0.6) is 0 Å². The van der Waals surface area contributed by atoms with Crippen LogP contribution < -0.4 is 0 Å². The zero-order chi connectivity index (χ0) is 32.2. The van der Waals surface area contributed by atoms with Gasteiger partial charge in [0.05, 0.1) is 6.10 Å². The second kappa shape index (κ2) is 8.94. The van der Waals surface area contributed by atoms with Crippen molar-refractivity contribution in [1.82, 2.24) is 0 Å². The Labute approximate surface area is 258 Å². The molecule has 0 amide bonds. The first-order chi connectivity index (χ1) is 20.4. The summed E-state index contributed by atoms with van der Waals surface area (Å²) in [5.74, 6) is -5.33. The van der Waals surface area contributed by atoms with Gasteiger partial charge in [-0.15, -0.1) is 0 Å². The third-order valence-electron chi connectivity index (χ3n) is 14.3. The fourth-order valence-corrected chi connectivity index (χ4v) is 12.7. The number of carbonyl (C=O) groups is 4. The maximum atomic E-state index is 14.3. The smallest absolute Gasteiger partial charge is 0.339 e. The number of hydrogen-bond acceptors (Lipinski definition) is 10. The van der Waals surface area contributed by atoms with E-state index in [0.717, 1.165) is 5.57 Å². The lowest BCUT2D eigenvalue weighted by molar-refractivity contribution is -0.255. The molecule has 10 nitrogen and oxygen atoms in total. The van der Waals surface area contributed by atoms with Crippen molar-refractivity contribution in [2.75, 3.05) is 0 Å². The van der Waals surface area contributed by atoms with Gasteiger partial charge < -0.3 is 29.2 Å². The number of rotatable bonds is 2. The third-order valence-corrected chi connectivity index (χ3v) is 14.3. The molecule has 44 heavy (non-hydrogen) atoms. The Kier molecular flexibility index (Phi) is 6.17. The molecule has 0 radical (unpaired) electrons. The zero-order valence-corrected chi connectivity index (χ0v) is 26.9. The first-order valence-corrected chi connectivity index (χ1v) is 16.2. The number of ketones is 1. The Bertz CT molecular complexity index is 1370. The van der Waals surface area contributed by atoms with Crippen molar-refractivity contribution in [1.29, 1.82) is 0 Å². The van der Waals surface area contributed by atoms with E-state index in [1.165, 1.54) is 20.8 Å². The van der Waals surface area contributed by atoms with E-state index in [1.807, 2.05) is 20.8 Å². The number of esters is 3. The highest BCUT2D eigenvalue weighted by atomic mass is 16.6. The van der Waals surface area contributed by atoms with Gasteiger partial charge in [0.15, 0.2) is 11.4 Å². The molecule has 2 heterocycles. The number of Topliss-reactive ketones (excluding diaryl/α,β-unsaturated/α-hetero) is 1. The predicted octanol–water partition coefficient (Wildman–Crippen LogP) is 2.62. The van der Waals surface area contributed by atoms with Crippen molar-refractivity contribution in [2.24, 2.45) is 63.6 Å². The molecule has 2 saturated heterocycles. The summed E-state index contributed by atoms with van der Waals surface area (Å²) >= 11 is 0. The molecule has 5 saturated carbocycles. The first-order valence-electron chi connectivity index (χ1n) is 16.2. The number of epoxide rings is 1. The molecule has 10 heteroatoms. The van der Waals surface area contributed by atoms with Crippen LogP contribution in [0.2, 0.25) is 0 Å². The van der Waals surface area contributed by atoms with E-state index in [4.69, 9.17) is 18.9 Å². The number of ether oxygens (including phenoxy) is 4. The fourth-order valence-electron chi connectivity index (χ4n) is 12.7. The monoisotopic (exact) mass is 614 g/mol. The average Bonchev–Trinajstić information content (AvgIpc) is 3.64. The lowest BCUT2D eigenvalue weighted by Crippen LogP contribution is -2.72. The van der Waals surface area contributed by atoms with E-state index in [1.54, 1.807) is 0 Å². The largest absolute Gasteiger partial charge is 0.462 e. The van der Waals surface area contributed by atoms with Gasteiger partial charge in [0, 0.05) is 53.8 Å². The van der Waals surface area contributed by atoms with E-state index >= 15 is 0 Å². The van der Waals surface area contributed by atoms with Crippen molar-refractivity contribution in [3.8, 4) is 0 Å². The molecule has 242 valence electrons. The molecular formula is C34H46O10. The van der Waals surface area contributed by atoms with Gasteiger partial charge in [-0.2, -0.15) is 0 Å². The molecule has 18 atom stereocenters. The summed E-state index contributed by atoms with van der Waals surface area (Å²) in [6.45, 7) is 18.6. The van der Waals surface area contributed by atoms with E-state index < -0.39 is 93.8 Å². The van der Waals surface area contributed by atoms with Crippen LogP contribution >= 0.6 is 0 Å². The lowest BCUT2D eigenvalue weighted by atomic mass is 9.39. The van der Waals surface area contributed by atoms with Gasteiger partial charge in [-0.25, -0.2) is 4.79 Å². The second-order valence-corrected chi connectivity index (χ2v) is 16.0. The minimum absolute atomic E-state index is 0.0244. The summed E-state index contributed by atoms with van der Waals surface area (Å²) in [4.78, 5) is 53.4. The summed E-state index contributed by atoms with van der Waals surface area (Å²) < 4.78 is 24.5. The maximum Gasteiger partial charge on any atom is 0.339 e. The zero-order valence-electron chi connectivity index (χ0n) is 26.9. The molecule has 5 aliphatic carbocycles. The van der Waals surface area contributed by atoms with Crippen molar-refractivity contribution in [3.05, 3.63) is 12.2 Å². The van der Waals surface area contributed by atoms with E-state index in [9.17, 15) is 29.4 Å². The highest BCUT2D eigenvalue weighted by Crippen LogP contribution is 2.77. The Balaban J connectivity index is 1.48. The molecule has 0 aromatic rings. The molecular weight excluding hydrogens is 568 g/mol. The maximum absolute atomic E-state index is 14.3. The quantitative estimate of drug-likeness (QED) is 0.206. The number of aliphatic hydroxyl groups is 2. The Morgan fingerprint density at radius 3 is 2.14 bits per heavy atom. The molecule has 2 N–H and O–H groups in total. The summed E-state index contributed by atoms with van der Waals surface area (Å²) in [6, 6.07) is 0. The Hall–Kier alpha value is -2.30. The van der Waals surface area contributed by atoms with Crippen molar-refractivity contribution >= 4 is 23.7 Å².